The van der Waals surface area contributed by atoms with Crippen LogP contribution in [-0.4, -0.2) is 24.2 Å². The molecule has 0 amide bonds. The van der Waals surface area contributed by atoms with Crippen molar-refractivity contribution in [2.24, 2.45) is 0 Å². The molecule has 0 saturated carbocycles. The number of carbonyl (C=O) groups is 1. The lowest BCUT2D eigenvalue weighted by atomic mass is 10.1. The molecule has 0 heterocycles. The van der Waals surface area contributed by atoms with Gasteiger partial charge in [-0.15, -0.1) is 0 Å². The molecule has 1 aromatic rings. The Morgan fingerprint density at radius 1 is 1.32 bits per heavy atom. The Balaban J connectivity index is 2.60. The summed E-state index contributed by atoms with van der Waals surface area (Å²) in [4.78, 5) is 11.3. The van der Waals surface area contributed by atoms with Crippen molar-refractivity contribution in [3.63, 3.8) is 0 Å². The van der Waals surface area contributed by atoms with Gasteiger partial charge in [0.15, 0.2) is 0 Å². The van der Waals surface area contributed by atoms with Gasteiger partial charge in [0, 0.05) is 0 Å². The molecule has 4 nitrogen and oxygen atoms in total. The van der Waals surface area contributed by atoms with E-state index in [1.54, 1.807) is 7.11 Å². The zero-order chi connectivity index (χ0) is 14.1. The highest BCUT2D eigenvalue weighted by molar-refractivity contribution is 5.78. The van der Waals surface area contributed by atoms with E-state index in [0.29, 0.717) is 12.2 Å². The number of nitrogens with one attached hydrogen (secondary N) is 1. The van der Waals surface area contributed by atoms with Gasteiger partial charge in [0.25, 0.3) is 0 Å². The zero-order valence-corrected chi connectivity index (χ0v) is 11.7. The highest BCUT2D eigenvalue weighted by Gasteiger charge is 2.17. The lowest BCUT2D eigenvalue weighted by Gasteiger charge is -2.17. The molecule has 0 spiro atoms. The summed E-state index contributed by atoms with van der Waals surface area (Å²) in [5.41, 5.74) is 0.730. The maximum atomic E-state index is 11.3. The lowest BCUT2D eigenvalue weighted by Crippen LogP contribution is -2.29. The van der Waals surface area contributed by atoms with Gasteiger partial charge in [-0.25, -0.2) is 4.79 Å². The van der Waals surface area contributed by atoms with Crippen molar-refractivity contribution in [1.82, 2.24) is 0 Å². The third kappa shape index (κ3) is 5.20. The molecular weight excluding hydrogens is 242 g/mol. The van der Waals surface area contributed by atoms with E-state index in [-0.39, 0.29) is 0 Å². The number of carboxylic acids is 1. The van der Waals surface area contributed by atoms with Gasteiger partial charge < -0.3 is 15.2 Å². The fourth-order valence-corrected chi connectivity index (χ4v) is 1.98. The molecule has 0 radical (unpaired) electrons. The smallest absolute Gasteiger partial charge is 0.326 e. The maximum absolute atomic E-state index is 11.3. The summed E-state index contributed by atoms with van der Waals surface area (Å²) in [6.07, 6.45) is 4.94. The number of para-hydroxylation sites is 2. The van der Waals surface area contributed by atoms with Crippen LogP contribution in [0, 0.1) is 0 Å². The Hall–Kier alpha value is -1.71. The average Bonchev–Trinajstić information content (AvgIpc) is 2.42. The first-order valence-electron chi connectivity index (χ1n) is 6.81. The van der Waals surface area contributed by atoms with Crippen LogP contribution in [0.1, 0.15) is 39.0 Å². The highest BCUT2D eigenvalue weighted by atomic mass is 16.5. The molecule has 4 heteroatoms. The molecule has 0 bridgehead atoms. The van der Waals surface area contributed by atoms with E-state index in [2.05, 4.69) is 12.2 Å². The number of rotatable bonds is 9. The molecule has 1 aromatic carbocycles. The summed E-state index contributed by atoms with van der Waals surface area (Å²) in [6.45, 7) is 2.14. The van der Waals surface area contributed by atoms with Crippen molar-refractivity contribution in [3.05, 3.63) is 24.3 Å². The molecular formula is C15H23NO3. The molecule has 106 valence electrons. The fourth-order valence-electron chi connectivity index (χ4n) is 1.98. The predicted molar refractivity (Wildman–Crippen MR) is 76.8 cm³/mol. The Kier molecular flexibility index (Phi) is 6.79. The van der Waals surface area contributed by atoms with Crippen molar-refractivity contribution in [2.45, 2.75) is 45.1 Å². The molecule has 1 atom stereocenters. The van der Waals surface area contributed by atoms with E-state index in [4.69, 9.17) is 4.74 Å². The normalized spacial score (nSPS) is 11.9. The van der Waals surface area contributed by atoms with Crippen LogP contribution in [0.5, 0.6) is 5.75 Å². The molecule has 0 aliphatic heterocycles. The molecule has 2 N–H and O–H groups in total. The van der Waals surface area contributed by atoms with Gasteiger partial charge in [-0.2, -0.15) is 0 Å². The van der Waals surface area contributed by atoms with Crippen LogP contribution < -0.4 is 10.1 Å². The molecule has 1 unspecified atom stereocenters. The standard InChI is InChI=1S/C15H23NO3/c1-3-4-5-6-10-13(15(17)18)16-12-9-7-8-11-14(12)19-2/h7-9,11,13,16H,3-6,10H2,1-2H3,(H,17,18). The molecule has 0 aliphatic rings. The number of unbranched alkanes of at least 4 members (excludes halogenated alkanes) is 3. The molecule has 19 heavy (non-hydrogen) atoms. The van der Waals surface area contributed by atoms with Gasteiger partial charge >= 0.3 is 5.97 Å². The van der Waals surface area contributed by atoms with Crippen LogP contribution in [0.4, 0.5) is 5.69 Å². The van der Waals surface area contributed by atoms with Crippen molar-refractivity contribution in [2.75, 3.05) is 12.4 Å². The number of hydrogen-bond donors (Lipinski definition) is 2. The van der Waals surface area contributed by atoms with Gasteiger partial charge in [0.1, 0.15) is 11.8 Å². The zero-order valence-electron chi connectivity index (χ0n) is 11.7. The number of aliphatic carboxylic acids is 1. The summed E-state index contributed by atoms with van der Waals surface area (Å²) < 4.78 is 5.21. The van der Waals surface area contributed by atoms with Crippen molar-refractivity contribution in [1.29, 1.82) is 0 Å². The Morgan fingerprint density at radius 3 is 2.68 bits per heavy atom. The SMILES string of the molecule is CCCCCCC(Nc1ccccc1OC)C(=O)O. The average molecular weight is 265 g/mol. The summed E-state index contributed by atoms with van der Waals surface area (Å²) in [7, 11) is 1.58. The minimum absolute atomic E-state index is 0.562. The first kappa shape index (κ1) is 15.3. The third-order valence-corrected chi connectivity index (χ3v) is 3.08. The van der Waals surface area contributed by atoms with Gasteiger partial charge in [0.05, 0.1) is 12.8 Å². The van der Waals surface area contributed by atoms with Crippen LogP contribution in [-0.2, 0) is 4.79 Å². The van der Waals surface area contributed by atoms with Crippen LogP contribution in [0.25, 0.3) is 0 Å². The van der Waals surface area contributed by atoms with Crippen molar-refractivity contribution < 1.29 is 14.6 Å². The van der Waals surface area contributed by atoms with Gasteiger partial charge in [-0.3, -0.25) is 0 Å². The Bertz CT molecular complexity index is 393. The Morgan fingerprint density at radius 2 is 2.05 bits per heavy atom. The van der Waals surface area contributed by atoms with Crippen LogP contribution >= 0.6 is 0 Å². The number of carboxylic acid groups (broad SMARTS) is 1. The minimum atomic E-state index is -0.817. The first-order chi connectivity index (χ1) is 9.19. The van der Waals surface area contributed by atoms with Crippen molar-refractivity contribution >= 4 is 11.7 Å². The van der Waals surface area contributed by atoms with E-state index in [1.165, 1.54) is 0 Å². The largest absolute Gasteiger partial charge is 0.495 e. The van der Waals surface area contributed by atoms with E-state index >= 15 is 0 Å². The fraction of sp³-hybridized carbons (Fsp3) is 0.533. The number of hydrogen-bond acceptors (Lipinski definition) is 3. The molecule has 0 aromatic heterocycles. The maximum Gasteiger partial charge on any atom is 0.326 e. The quantitative estimate of drug-likeness (QED) is 0.671. The second-order valence-electron chi connectivity index (χ2n) is 4.58. The molecule has 0 fully saturated rings. The third-order valence-electron chi connectivity index (χ3n) is 3.08. The topological polar surface area (TPSA) is 58.6 Å². The van der Waals surface area contributed by atoms with Crippen LogP contribution in [0.3, 0.4) is 0 Å². The second-order valence-corrected chi connectivity index (χ2v) is 4.58. The van der Waals surface area contributed by atoms with E-state index in [1.807, 2.05) is 24.3 Å². The molecule has 0 saturated heterocycles. The minimum Gasteiger partial charge on any atom is -0.495 e. The summed E-state index contributed by atoms with van der Waals surface area (Å²) in [6, 6.07) is 6.81. The summed E-state index contributed by atoms with van der Waals surface area (Å²) in [5.74, 6) is -0.148. The highest BCUT2D eigenvalue weighted by Crippen LogP contribution is 2.24. The molecule has 0 aliphatic carbocycles. The van der Waals surface area contributed by atoms with Gasteiger partial charge in [-0.1, -0.05) is 44.7 Å². The number of ether oxygens (including phenoxy) is 1. The summed E-state index contributed by atoms with van der Waals surface area (Å²) >= 11 is 0. The van der Waals surface area contributed by atoms with E-state index in [9.17, 15) is 9.90 Å². The second kappa shape index (κ2) is 8.40. The number of benzene rings is 1. The predicted octanol–water partition coefficient (Wildman–Crippen LogP) is 3.53. The van der Waals surface area contributed by atoms with Gasteiger partial charge in [0.2, 0.25) is 0 Å². The van der Waals surface area contributed by atoms with Crippen molar-refractivity contribution in [3.8, 4) is 5.75 Å². The summed E-state index contributed by atoms with van der Waals surface area (Å²) in [5, 5.41) is 12.3. The lowest BCUT2D eigenvalue weighted by molar-refractivity contribution is -0.138. The Labute approximate surface area is 114 Å². The van der Waals surface area contributed by atoms with E-state index < -0.39 is 12.0 Å². The monoisotopic (exact) mass is 265 g/mol. The van der Waals surface area contributed by atoms with Crippen LogP contribution in [0.15, 0.2) is 24.3 Å². The first-order valence-corrected chi connectivity index (χ1v) is 6.81. The van der Waals surface area contributed by atoms with Crippen LogP contribution in [0.2, 0.25) is 0 Å². The molecule has 1 rings (SSSR count). The van der Waals surface area contributed by atoms with E-state index in [0.717, 1.165) is 31.4 Å². The number of methoxy groups -OCH3 is 1. The number of anilines is 1. The van der Waals surface area contributed by atoms with Gasteiger partial charge in [-0.05, 0) is 18.6 Å².